The van der Waals surface area contributed by atoms with Crippen molar-refractivity contribution in [1.82, 2.24) is 9.71 Å². The van der Waals surface area contributed by atoms with Crippen LogP contribution in [0.25, 0.3) is 11.5 Å². The van der Waals surface area contributed by atoms with Crippen LogP contribution in [0.4, 0.5) is 5.13 Å². The maximum absolute atomic E-state index is 11.7. The summed E-state index contributed by atoms with van der Waals surface area (Å²) in [6.07, 6.45) is 0.721. The Morgan fingerprint density at radius 2 is 2.25 bits per heavy atom. The Morgan fingerprint density at radius 1 is 1.45 bits per heavy atom. The fraction of sp³-hybridized carbons (Fsp3) is 0.364. The van der Waals surface area contributed by atoms with Crippen molar-refractivity contribution in [2.45, 2.75) is 19.9 Å². The third-order valence-corrected chi connectivity index (χ3v) is 4.32. The molecule has 2 rings (SSSR count). The first kappa shape index (κ1) is 15.0. The van der Waals surface area contributed by atoms with Crippen LogP contribution >= 0.6 is 11.3 Å². The van der Waals surface area contributed by atoms with Crippen molar-refractivity contribution in [2.24, 2.45) is 5.73 Å². The molecule has 0 fully saturated rings. The fourth-order valence-electron chi connectivity index (χ4n) is 1.45. The van der Waals surface area contributed by atoms with Crippen molar-refractivity contribution in [3.05, 3.63) is 23.3 Å². The standard InChI is InChI=1S/C11H16N4O3S2/c1-2-5-13-20(16,17)15-11-14-9(7-19-11)10-4-3-8(6-12)18-10/h3-4,7,13H,2,5-6,12H2,1H3,(H,14,15). The highest BCUT2D eigenvalue weighted by Gasteiger charge is 2.13. The van der Waals surface area contributed by atoms with E-state index in [0.717, 1.165) is 6.42 Å². The van der Waals surface area contributed by atoms with Crippen molar-refractivity contribution >= 4 is 26.7 Å². The van der Waals surface area contributed by atoms with Gasteiger partial charge >= 0.3 is 10.2 Å². The average molecular weight is 316 g/mol. The van der Waals surface area contributed by atoms with Crippen LogP contribution in [-0.4, -0.2) is 19.9 Å². The molecular formula is C11H16N4O3S2. The number of hydrogen-bond acceptors (Lipinski definition) is 6. The van der Waals surface area contributed by atoms with Crippen molar-refractivity contribution in [3.8, 4) is 11.5 Å². The summed E-state index contributed by atoms with van der Waals surface area (Å²) in [7, 11) is -3.57. The molecule has 0 amide bonds. The van der Waals surface area contributed by atoms with Gasteiger partial charge in [-0.2, -0.15) is 13.1 Å². The van der Waals surface area contributed by atoms with Gasteiger partial charge in [0.2, 0.25) is 0 Å². The van der Waals surface area contributed by atoms with Crippen LogP contribution < -0.4 is 15.2 Å². The molecule has 0 saturated heterocycles. The molecule has 0 aromatic carbocycles. The molecule has 2 aromatic heterocycles. The minimum absolute atomic E-state index is 0.286. The molecule has 2 heterocycles. The second kappa shape index (κ2) is 6.35. The van der Waals surface area contributed by atoms with Crippen molar-refractivity contribution in [2.75, 3.05) is 11.3 Å². The number of hydrogen-bond donors (Lipinski definition) is 3. The Labute approximate surface area is 121 Å². The molecule has 0 aliphatic rings. The zero-order valence-electron chi connectivity index (χ0n) is 10.9. The van der Waals surface area contributed by atoms with E-state index in [-0.39, 0.29) is 5.13 Å². The zero-order valence-corrected chi connectivity index (χ0v) is 12.6. The molecule has 0 spiro atoms. The Hall–Kier alpha value is -1.42. The zero-order chi connectivity index (χ0) is 14.6. The summed E-state index contributed by atoms with van der Waals surface area (Å²) in [4.78, 5) is 4.18. The van der Waals surface area contributed by atoms with Crippen LogP contribution in [0.15, 0.2) is 21.9 Å². The predicted octanol–water partition coefficient (Wildman–Crippen LogP) is 1.52. The number of nitrogens with zero attached hydrogens (tertiary/aromatic N) is 1. The number of rotatable bonds is 7. The van der Waals surface area contributed by atoms with Gasteiger partial charge in [-0.05, 0) is 18.6 Å². The van der Waals surface area contributed by atoms with E-state index in [2.05, 4.69) is 14.4 Å². The largest absolute Gasteiger partial charge is 0.458 e. The van der Waals surface area contributed by atoms with Gasteiger partial charge in [0, 0.05) is 11.9 Å². The molecule has 0 aliphatic heterocycles. The van der Waals surface area contributed by atoms with Gasteiger partial charge in [-0.15, -0.1) is 11.3 Å². The highest BCUT2D eigenvalue weighted by atomic mass is 32.2. The van der Waals surface area contributed by atoms with E-state index >= 15 is 0 Å². The summed E-state index contributed by atoms with van der Waals surface area (Å²) in [6, 6.07) is 3.52. The lowest BCUT2D eigenvalue weighted by Crippen LogP contribution is -2.30. The third kappa shape index (κ3) is 3.79. The van der Waals surface area contributed by atoms with E-state index in [9.17, 15) is 8.42 Å². The van der Waals surface area contributed by atoms with Crippen LogP contribution in [0.1, 0.15) is 19.1 Å². The summed E-state index contributed by atoms with van der Waals surface area (Å²) in [5, 5.41) is 2.01. The van der Waals surface area contributed by atoms with Crippen LogP contribution in [0.2, 0.25) is 0 Å². The molecule has 2 aromatic rings. The lowest BCUT2D eigenvalue weighted by molar-refractivity contribution is 0.524. The monoisotopic (exact) mass is 316 g/mol. The van der Waals surface area contributed by atoms with E-state index < -0.39 is 10.2 Å². The van der Waals surface area contributed by atoms with E-state index in [1.54, 1.807) is 17.5 Å². The van der Waals surface area contributed by atoms with E-state index in [1.807, 2.05) is 6.92 Å². The second-order valence-electron chi connectivity index (χ2n) is 4.01. The molecule has 0 unspecified atom stereocenters. The number of nitrogens with one attached hydrogen (secondary N) is 2. The van der Waals surface area contributed by atoms with Crippen LogP contribution in [0.5, 0.6) is 0 Å². The van der Waals surface area contributed by atoms with Gasteiger partial charge < -0.3 is 10.2 Å². The fourth-order valence-corrected chi connectivity index (χ4v) is 3.33. The van der Waals surface area contributed by atoms with Crippen LogP contribution in [0, 0.1) is 0 Å². The normalized spacial score (nSPS) is 11.7. The summed E-state index contributed by atoms with van der Waals surface area (Å²) in [6.45, 7) is 2.58. The van der Waals surface area contributed by atoms with Crippen LogP contribution in [-0.2, 0) is 16.8 Å². The molecular weight excluding hydrogens is 300 g/mol. The molecule has 0 bridgehead atoms. The molecule has 4 N–H and O–H groups in total. The number of aromatic nitrogens is 1. The van der Waals surface area contributed by atoms with Crippen molar-refractivity contribution in [3.63, 3.8) is 0 Å². The molecule has 0 saturated carbocycles. The number of anilines is 1. The van der Waals surface area contributed by atoms with Gasteiger partial charge in [0.15, 0.2) is 10.9 Å². The summed E-state index contributed by atoms with van der Waals surface area (Å²) in [5.74, 6) is 1.22. The maximum atomic E-state index is 11.7. The number of furan rings is 1. The van der Waals surface area contributed by atoms with Gasteiger partial charge in [0.05, 0.1) is 6.54 Å². The van der Waals surface area contributed by atoms with E-state index in [1.165, 1.54) is 11.3 Å². The van der Waals surface area contributed by atoms with Gasteiger partial charge in [0.25, 0.3) is 0 Å². The van der Waals surface area contributed by atoms with Gasteiger partial charge in [-0.25, -0.2) is 9.71 Å². The van der Waals surface area contributed by atoms with Crippen LogP contribution in [0.3, 0.4) is 0 Å². The van der Waals surface area contributed by atoms with Crippen molar-refractivity contribution in [1.29, 1.82) is 0 Å². The first-order chi connectivity index (χ1) is 9.54. The lowest BCUT2D eigenvalue weighted by Gasteiger charge is -2.04. The molecule has 0 radical (unpaired) electrons. The summed E-state index contributed by atoms with van der Waals surface area (Å²) in [5.41, 5.74) is 6.04. The minimum atomic E-state index is -3.57. The topological polar surface area (TPSA) is 110 Å². The molecule has 0 atom stereocenters. The number of nitrogens with two attached hydrogens (primary N) is 1. The van der Waals surface area contributed by atoms with Crippen molar-refractivity contribution < 1.29 is 12.8 Å². The smallest absolute Gasteiger partial charge is 0.300 e. The van der Waals surface area contributed by atoms with Gasteiger partial charge in [-0.3, -0.25) is 0 Å². The molecule has 20 heavy (non-hydrogen) atoms. The first-order valence-electron chi connectivity index (χ1n) is 6.06. The Kier molecular flexibility index (Phi) is 4.76. The van der Waals surface area contributed by atoms with E-state index in [4.69, 9.17) is 10.2 Å². The second-order valence-corrected chi connectivity index (χ2v) is 6.37. The highest BCUT2D eigenvalue weighted by Crippen LogP contribution is 2.26. The Bertz CT molecular complexity index is 663. The number of thiazole rings is 1. The maximum Gasteiger partial charge on any atom is 0.300 e. The first-order valence-corrected chi connectivity index (χ1v) is 8.42. The quantitative estimate of drug-likeness (QED) is 0.717. The highest BCUT2D eigenvalue weighted by molar-refractivity contribution is 7.91. The Balaban J connectivity index is 2.09. The minimum Gasteiger partial charge on any atom is -0.458 e. The third-order valence-electron chi connectivity index (χ3n) is 2.38. The Morgan fingerprint density at radius 3 is 2.90 bits per heavy atom. The molecule has 0 aliphatic carbocycles. The van der Waals surface area contributed by atoms with Gasteiger partial charge in [-0.1, -0.05) is 6.92 Å². The molecule has 7 nitrogen and oxygen atoms in total. The molecule has 9 heteroatoms. The summed E-state index contributed by atoms with van der Waals surface area (Å²) >= 11 is 1.19. The predicted molar refractivity (Wildman–Crippen MR) is 78.5 cm³/mol. The molecule has 110 valence electrons. The average Bonchev–Trinajstić information content (AvgIpc) is 3.04. The van der Waals surface area contributed by atoms with E-state index in [0.29, 0.717) is 30.3 Å². The lowest BCUT2D eigenvalue weighted by atomic mass is 10.3. The SMILES string of the molecule is CCCNS(=O)(=O)Nc1nc(-c2ccc(CN)o2)cs1. The van der Waals surface area contributed by atoms with Gasteiger partial charge in [0.1, 0.15) is 11.5 Å². The summed E-state index contributed by atoms with van der Waals surface area (Å²) < 4.78 is 33.5.